The molecular weight excluding hydrogens is 424 g/mol. The minimum absolute atomic E-state index is 0.00785. The third kappa shape index (κ3) is 3.16. The van der Waals surface area contributed by atoms with E-state index in [1.807, 2.05) is 0 Å². The Morgan fingerprint density at radius 2 is 1.76 bits per heavy atom. The van der Waals surface area contributed by atoms with E-state index in [9.17, 15) is 15.0 Å². The molecule has 1 aliphatic heterocycles. The van der Waals surface area contributed by atoms with Crippen LogP contribution in [0.15, 0.2) is 23.3 Å². The van der Waals surface area contributed by atoms with Crippen molar-refractivity contribution in [3.63, 3.8) is 0 Å². The predicted octanol–water partition coefficient (Wildman–Crippen LogP) is 5.82. The Hall–Kier alpha value is -0.970. The lowest BCUT2D eigenvalue weighted by atomic mass is 9.37. The van der Waals surface area contributed by atoms with Crippen LogP contribution in [-0.2, 0) is 9.53 Å². The highest BCUT2D eigenvalue weighted by Gasteiger charge is 2.68. The molecule has 0 bridgehead atoms. The highest BCUT2D eigenvalue weighted by molar-refractivity contribution is 5.85. The van der Waals surface area contributed by atoms with Crippen molar-refractivity contribution in [2.24, 2.45) is 45.3 Å². The minimum Gasteiger partial charge on any atom is -0.392 e. The molecule has 4 nitrogen and oxygen atoms in total. The summed E-state index contributed by atoms with van der Waals surface area (Å²) in [5, 5.41) is 22.7. The molecule has 34 heavy (non-hydrogen) atoms. The van der Waals surface area contributed by atoms with Crippen LogP contribution in [0.25, 0.3) is 0 Å². The van der Waals surface area contributed by atoms with E-state index in [1.54, 1.807) is 0 Å². The molecular formula is C30H46O4. The Bertz CT molecular complexity index is 928. The lowest BCUT2D eigenvalue weighted by Crippen LogP contribution is -2.65. The second-order valence-electron chi connectivity index (χ2n) is 13.9. The van der Waals surface area contributed by atoms with Crippen LogP contribution < -0.4 is 0 Å². The topological polar surface area (TPSA) is 66.8 Å². The van der Waals surface area contributed by atoms with Gasteiger partial charge in [-0.1, -0.05) is 57.9 Å². The highest BCUT2D eigenvalue weighted by atomic mass is 16.6. The van der Waals surface area contributed by atoms with Crippen molar-refractivity contribution >= 4 is 5.78 Å². The zero-order chi connectivity index (χ0) is 24.8. The first kappa shape index (κ1) is 24.7. The summed E-state index contributed by atoms with van der Waals surface area (Å²) in [4.78, 5) is 12.9. The van der Waals surface area contributed by atoms with Gasteiger partial charge in [-0.05, 0) is 81.0 Å². The fourth-order valence-electron chi connectivity index (χ4n) is 10.0. The smallest absolute Gasteiger partial charge is 0.158 e. The molecule has 5 rings (SSSR count). The zero-order valence-corrected chi connectivity index (χ0v) is 22.4. The largest absolute Gasteiger partial charge is 0.392 e. The number of hydrogen-bond acceptors (Lipinski definition) is 4. The monoisotopic (exact) mass is 470 g/mol. The number of carbonyl (C=O) groups excluding carboxylic acids is 1. The summed E-state index contributed by atoms with van der Waals surface area (Å²) in [6, 6.07) is 0. The molecule has 5 aliphatic rings. The molecule has 0 aromatic rings. The first-order valence-corrected chi connectivity index (χ1v) is 13.7. The van der Waals surface area contributed by atoms with Crippen LogP contribution in [0, 0.1) is 45.3 Å². The van der Waals surface area contributed by atoms with E-state index in [0.29, 0.717) is 30.5 Å². The predicted molar refractivity (Wildman–Crippen MR) is 134 cm³/mol. The average Bonchev–Trinajstić information content (AvgIpc) is 3.26. The number of ketones is 1. The average molecular weight is 471 g/mol. The summed E-state index contributed by atoms with van der Waals surface area (Å²) in [5.74, 6) is 1.43. The van der Waals surface area contributed by atoms with Gasteiger partial charge in [0.05, 0.1) is 12.2 Å². The van der Waals surface area contributed by atoms with Crippen molar-refractivity contribution in [3.05, 3.63) is 23.3 Å². The van der Waals surface area contributed by atoms with Crippen molar-refractivity contribution < 1.29 is 19.7 Å². The Morgan fingerprint density at radius 1 is 1.06 bits per heavy atom. The molecule has 1 heterocycles. The normalized spacial score (nSPS) is 51.9. The quantitative estimate of drug-likeness (QED) is 0.499. The van der Waals surface area contributed by atoms with Gasteiger partial charge in [0, 0.05) is 23.2 Å². The van der Waals surface area contributed by atoms with Gasteiger partial charge in [-0.15, -0.1) is 0 Å². The van der Waals surface area contributed by atoms with Crippen LogP contribution in [0.5, 0.6) is 0 Å². The summed E-state index contributed by atoms with van der Waals surface area (Å²) in [7, 11) is 0. The lowest BCUT2D eigenvalue weighted by molar-refractivity contribution is -0.192. The fourth-order valence-corrected chi connectivity index (χ4v) is 10.0. The fraction of sp³-hybridized carbons (Fsp3) is 0.833. The SMILES string of the molecule is CC(C)=C[C@H]1C[C@H]([C@@H]2CC=C3[C@]4(C)[C@H](O)C[C@H]5C(C)(C)C(=O)CC[C@]5(C)[C@H]4CC[C@]32C)[C@H](O)O1. The second kappa shape index (κ2) is 7.76. The lowest BCUT2D eigenvalue weighted by Gasteiger charge is -2.67. The number of fused-ring (bicyclic) bond motifs is 5. The van der Waals surface area contributed by atoms with Gasteiger partial charge in [-0.25, -0.2) is 0 Å². The van der Waals surface area contributed by atoms with E-state index in [0.717, 1.165) is 32.1 Å². The van der Waals surface area contributed by atoms with Crippen molar-refractivity contribution in [2.45, 2.75) is 112 Å². The molecule has 0 unspecified atom stereocenters. The van der Waals surface area contributed by atoms with Gasteiger partial charge in [0.25, 0.3) is 0 Å². The van der Waals surface area contributed by atoms with Gasteiger partial charge in [-0.3, -0.25) is 4.79 Å². The van der Waals surface area contributed by atoms with Gasteiger partial charge in [0.1, 0.15) is 5.78 Å². The Balaban J connectivity index is 1.47. The number of aliphatic hydroxyl groups is 2. The van der Waals surface area contributed by atoms with Crippen LogP contribution in [0.2, 0.25) is 0 Å². The molecule has 0 spiro atoms. The van der Waals surface area contributed by atoms with E-state index in [-0.39, 0.29) is 39.6 Å². The van der Waals surface area contributed by atoms with Crippen molar-refractivity contribution in [2.75, 3.05) is 0 Å². The molecule has 4 fully saturated rings. The number of Topliss-reactive ketones (excluding diaryl/α,β-unsaturated/α-hetero) is 1. The zero-order valence-electron chi connectivity index (χ0n) is 22.4. The summed E-state index contributed by atoms with van der Waals surface area (Å²) in [6.07, 6.45) is 9.72. The number of ether oxygens (including phenoxy) is 1. The standard InChI is InChI=1S/C30H46O4/c1-17(2)14-18-15-19(26(33)34-18)20-8-9-21-28(20,5)12-10-22-29(6)13-11-24(31)27(3,4)23(29)16-25(32)30(21,22)7/h9,14,18-20,22-23,25-26,32-33H,8,10-13,15-16H2,1-7H3/t18-,19+,20-,22+,23-,25+,26+,28-,29+,30-/m0/s1. The molecule has 1 saturated heterocycles. The van der Waals surface area contributed by atoms with E-state index in [2.05, 4.69) is 60.6 Å². The van der Waals surface area contributed by atoms with Gasteiger partial charge in [-0.2, -0.15) is 0 Å². The summed E-state index contributed by atoms with van der Waals surface area (Å²) in [5.41, 5.74) is 2.06. The molecule has 0 aromatic carbocycles. The Morgan fingerprint density at radius 3 is 2.44 bits per heavy atom. The van der Waals surface area contributed by atoms with Crippen molar-refractivity contribution in [3.8, 4) is 0 Å². The molecule has 3 saturated carbocycles. The first-order valence-electron chi connectivity index (χ1n) is 13.7. The molecule has 4 aliphatic carbocycles. The first-order chi connectivity index (χ1) is 15.8. The van der Waals surface area contributed by atoms with Gasteiger partial charge in [0.2, 0.25) is 0 Å². The van der Waals surface area contributed by atoms with E-state index >= 15 is 0 Å². The number of allylic oxidation sites excluding steroid dienone is 2. The summed E-state index contributed by atoms with van der Waals surface area (Å²) < 4.78 is 5.97. The third-order valence-electron chi connectivity index (χ3n) is 11.7. The molecule has 4 heteroatoms. The van der Waals surface area contributed by atoms with Gasteiger partial charge < -0.3 is 14.9 Å². The van der Waals surface area contributed by atoms with Gasteiger partial charge in [0.15, 0.2) is 6.29 Å². The van der Waals surface area contributed by atoms with Crippen LogP contribution in [0.4, 0.5) is 0 Å². The summed E-state index contributed by atoms with van der Waals surface area (Å²) in [6.45, 7) is 15.6. The van der Waals surface area contributed by atoms with E-state index < -0.39 is 12.4 Å². The van der Waals surface area contributed by atoms with Crippen LogP contribution in [0.3, 0.4) is 0 Å². The van der Waals surface area contributed by atoms with Crippen LogP contribution in [0.1, 0.15) is 93.4 Å². The molecule has 2 N–H and O–H groups in total. The number of hydrogen-bond donors (Lipinski definition) is 2. The third-order valence-corrected chi connectivity index (χ3v) is 11.7. The molecule has 0 radical (unpaired) electrons. The van der Waals surface area contributed by atoms with Crippen molar-refractivity contribution in [1.82, 2.24) is 0 Å². The van der Waals surface area contributed by atoms with Gasteiger partial charge >= 0.3 is 0 Å². The Kier molecular flexibility index (Phi) is 5.64. The van der Waals surface area contributed by atoms with E-state index in [1.165, 1.54) is 11.1 Å². The molecule has 10 atom stereocenters. The Labute approximate surface area is 206 Å². The molecule has 190 valence electrons. The molecule has 0 aromatic heterocycles. The van der Waals surface area contributed by atoms with Crippen LogP contribution >= 0.6 is 0 Å². The van der Waals surface area contributed by atoms with Crippen LogP contribution in [-0.4, -0.2) is 34.5 Å². The summed E-state index contributed by atoms with van der Waals surface area (Å²) >= 11 is 0. The maximum absolute atomic E-state index is 12.9. The number of carbonyl (C=O) groups is 1. The second-order valence-corrected chi connectivity index (χ2v) is 13.9. The maximum Gasteiger partial charge on any atom is 0.158 e. The number of aliphatic hydroxyl groups excluding tert-OH is 2. The maximum atomic E-state index is 12.9. The highest BCUT2D eigenvalue weighted by Crippen LogP contribution is 2.73. The molecule has 0 amide bonds. The van der Waals surface area contributed by atoms with Crippen molar-refractivity contribution in [1.29, 1.82) is 0 Å². The number of rotatable bonds is 2. The van der Waals surface area contributed by atoms with E-state index in [4.69, 9.17) is 4.74 Å². The minimum atomic E-state index is -0.718.